The fourth-order valence-corrected chi connectivity index (χ4v) is 7.36. The maximum atomic E-state index is 14.3. The van der Waals surface area contributed by atoms with Gasteiger partial charge in [0.05, 0.1) is 45.2 Å². The molecular formula is C33H45F2N3O11P2. The molecular weight excluding hydrogens is 714 g/mol. The van der Waals surface area contributed by atoms with Gasteiger partial charge in [-0.3, -0.25) is 37.3 Å². The molecule has 2 amide bonds. The van der Waals surface area contributed by atoms with Gasteiger partial charge in [0.1, 0.15) is 12.4 Å². The maximum absolute atomic E-state index is 14.3. The van der Waals surface area contributed by atoms with E-state index in [0.29, 0.717) is 0 Å². The van der Waals surface area contributed by atoms with Crippen LogP contribution < -0.4 is 5.32 Å². The number of anilines is 1. The zero-order chi connectivity index (χ0) is 37.4. The molecule has 1 heterocycles. The summed E-state index contributed by atoms with van der Waals surface area (Å²) in [4.78, 5) is 31.9. The highest BCUT2D eigenvalue weighted by Crippen LogP contribution is 2.53. The number of rotatable bonds is 22. The third-order valence-corrected chi connectivity index (χ3v) is 10.5. The predicted octanol–water partition coefficient (Wildman–Crippen LogP) is 7.68. The zero-order valence-corrected chi connectivity index (χ0v) is 31.0. The summed E-state index contributed by atoms with van der Waals surface area (Å²) in [5.41, 5.74) is -0.00149. The van der Waals surface area contributed by atoms with E-state index < -0.39 is 64.6 Å². The van der Waals surface area contributed by atoms with Crippen molar-refractivity contribution in [2.45, 2.75) is 59.1 Å². The molecule has 2 atom stereocenters. The van der Waals surface area contributed by atoms with Gasteiger partial charge in [0.15, 0.2) is 11.6 Å². The monoisotopic (exact) mass is 759 g/mol. The Labute approximate surface area is 296 Å². The summed E-state index contributed by atoms with van der Waals surface area (Å²) < 4.78 is 92.6. The second-order valence-electron chi connectivity index (χ2n) is 10.8. The van der Waals surface area contributed by atoms with Crippen molar-refractivity contribution in [1.82, 2.24) is 9.88 Å². The van der Waals surface area contributed by atoms with E-state index in [9.17, 15) is 27.5 Å². The number of aromatic nitrogens is 1. The van der Waals surface area contributed by atoms with Crippen LogP contribution in [0.3, 0.4) is 0 Å². The van der Waals surface area contributed by atoms with Crippen LogP contribution in [0, 0.1) is 11.6 Å². The van der Waals surface area contributed by atoms with Crippen molar-refractivity contribution < 1.29 is 59.4 Å². The van der Waals surface area contributed by atoms with Gasteiger partial charge >= 0.3 is 21.7 Å². The molecule has 0 bridgehead atoms. The Kier molecular flexibility index (Phi) is 17.0. The third-order valence-electron chi connectivity index (χ3n) is 7.23. The van der Waals surface area contributed by atoms with Crippen molar-refractivity contribution in [1.29, 1.82) is 0 Å². The van der Waals surface area contributed by atoms with E-state index in [1.807, 2.05) is 24.3 Å². The topological polar surface area (TPSA) is 161 Å². The smallest absolute Gasteiger partial charge is 0.447 e. The molecule has 2 aromatic carbocycles. The normalized spacial score (nSPS) is 13.2. The standard InChI is InChI=1S/C33H45F2N3O11P2/c1-6-44-50(41,45-7-2)48-23-28(49-51(42,46-8-3)47-9-4)20-27(38(5)31(39)18-17-24-15-12-16-29(34)32(24)35)22-43-33(40)37-30-19-25-13-10-11-14-26(25)21-36-30/h10-16,19,21,27-28H,6-9,17-18,20,22-23H2,1-5H3,(H,36,37,40)/t27-,28+/m0/s1. The highest BCUT2D eigenvalue weighted by atomic mass is 31.2. The Morgan fingerprint density at radius 1 is 0.843 bits per heavy atom. The van der Waals surface area contributed by atoms with Crippen molar-refractivity contribution in [2.75, 3.05) is 52.0 Å². The lowest BCUT2D eigenvalue weighted by Gasteiger charge is -2.32. The van der Waals surface area contributed by atoms with Gasteiger partial charge in [-0.15, -0.1) is 0 Å². The molecule has 51 heavy (non-hydrogen) atoms. The highest BCUT2D eigenvalue weighted by Gasteiger charge is 2.36. The number of hydrogen-bond acceptors (Lipinski definition) is 12. The Morgan fingerprint density at radius 2 is 1.47 bits per heavy atom. The number of carbonyl (C=O) groups excluding carboxylic acids is 2. The molecule has 0 saturated carbocycles. The molecule has 0 fully saturated rings. The first-order chi connectivity index (χ1) is 24.4. The second-order valence-corrected chi connectivity index (χ2v) is 14.1. The molecule has 0 unspecified atom stereocenters. The first-order valence-corrected chi connectivity index (χ1v) is 19.4. The van der Waals surface area contributed by atoms with Crippen LogP contribution in [0.25, 0.3) is 10.8 Å². The van der Waals surface area contributed by atoms with E-state index in [0.717, 1.165) is 16.8 Å². The summed E-state index contributed by atoms with van der Waals surface area (Å²) in [6.07, 6.45) is -1.19. The lowest BCUT2D eigenvalue weighted by Crippen LogP contribution is -2.44. The lowest BCUT2D eigenvalue weighted by atomic mass is 10.1. The van der Waals surface area contributed by atoms with Crippen LogP contribution in [0.5, 0.6) is 0 Å². The summed E-state index contributed by atoms with van der Waals surface area (Å²) in [7, 11) is -6.91. The first kappa shape index (κ1) is 42.1. The summed E-state index contributed by atoms with van der Waals surface area (Å²) >= 11 is 0. The Balaban J connectivity index is 1.87. The van der Waals surface area contributed by atoms with Gasteiger partial charge in [0, 0.05) is 31.5 Å². The molecule has 3 aromatic rings. The number of ether oxygens (including phenoxy) is 1. The summed E-state index contributed by atoms with van der Waals surface area (Å²) in [5, 5.41) is 4.23. The van der Waals surface area contributed by atoms with Gasteiger partial charge in [-0.25, -0.2) is 27.7 Å². The van der Waals surface area contributed by atoms with Crippen LogP contribution in [-0.2, 0) is 52.2 Å². The zero-order valence-electron chi connectivity index (χ0n) is 29.3. The fraction of sp³-hybridized carbons (Fsp3) is 0.485. The number of amides is 2. The number of phosphoric ester groups is 2. The van der Waals surface area contributed by atoms with E-state index in [-0.39, 0.29) is 57.1 Å². The number of nitrogens with one attached hydrogen (secondary N) is 1. The average Bonchev–Trinajstić information content (AvgIpc) is 3.09. The summed E-state index contributed by atoms with van der Waals surface area (Å²) in [6, 6.07) is 11.7. The third kappa shape index (κ3) is 13.3. The first-order valence-electron chi connectivity index (χ1n) is 16.4. The minimum atomic E-state index is -4.23. The quantitative estimate of drug-likeness (QED) is 0.0997. The number of nitrogens with zero attached hydrogens (tertiary/aromatic N) is 2. The van der Waals surface area contributed by atoms with Crippen LogP contribution in [-0.4, -0.2) is 80.7 Å². The largest absolute Gasteiger partial charge is 0.475 e. The number of phosphoric acid groups is 2. The average molecular weight is 760 g/mol. The molecule has 282 valence electrons. The van der Waals surface area contributed by atoms with Crippen LogP contribution >= 0.6 is 15.6 Å². The Hall–Kier alpha value is -3.33. The number of aryl methyl sites for hydroxylation is 1. The van der Waals surface area contributed by atoms with E-state index in [1.165, 1.54) is 24.1 Å². The molecule has 0 saturated heterocycles. The summed E-state index contributed by atoms with van der Waals surface area (Å²) in [6.45, 7) is 5.23. The molecule has 1 aromatic heterocycles. The fourth-order valence-electron chi connectivity index (χ4n) is 4.81. The SMILES string of the molecule is CCOP(=O)(OCC)OC[C@@H](C[C@@H](COC(=O)Nc1cc2ccccc2cn1)N(C)C(=O)CCc1cccc(F)c1F)OP(=O)(OCC)OCC. The highest BCUT2D eigenvalue weighted by molar-refractivity contribution is 7.48. The second kappa shape index (κ2) is 20.6. The van der Waals surface area contributed by atoms with Crippen LogP contribution in [0.15, 0.2) is 54.7 Å². The molecule has 18 heteroatoms. The lowest BCUT2D eigenvalue weighted by molar-refractivity contribution is -0.133. The molecule has 14 nitrogen and oxygen atoms in total. The number of pyridine rings is 1. The minimum absolute atomic E-state index is 0.00149. The molecule has 0 aliphatic heterocycles. The van der Waals surface area contributed by atoms with Crippen molar-refractivity contribution >= 4 is 44.2 Å². The van der Waals surface area contributed by atoms with Crippen molar-refractivity contribution in [2.24, 2.45) is 0 Å². The van der Waals surface area contributed by atoms with E-state index >= 15 is 0 Å². The van der Waals surface area contributed by atoms with Crippen molar-refractivity contribution in [3.8, 4) is 0 Å². The van der Waals surface area contributed by atoms with E-state index in [2.05, 4.69) is 10.3 Å². The molecule has 1 N–H and O–H groups in total. The van der Waals surface area contributed by atoms with Crippen LogP contribution in [0.4, 0.5) is 19.4 Å². The molecule has 0 aliphatic rings. The Bertz CT molecular complexity index is 1670. The predicted molar refractivity (Wildman–Crippen MR) is 185 cm³/mol. The van der Waals surface area contributed by atoms with Gasteiger partial charge in [-0.2, -0.15) is 0 Å². The van der Waals surface area contributed by atoms with Crippen LogP contribution in [0.2, 0.25) is 0 Å². The maximum Gasteiger partial charge on any atom is 0.475 e. The van der Waals surface area contributed by atoms with Gasteiger partial charge in [-0.05, 0) is 57.2 Å². The van der Waals surface area contributed by atoms with Crippen molar-refractivity contribution in [3.05, 3.63) is 71.9 Å². The van der Waals surface area contributed by atoms with Gasteiger partial charge < -0.3 is 9.64 Å². The number of carbonyl (C=O) groups is 2. The number of likely N-dealkylation sites (N-methyl/N-ethyl adjacent to an activating group) is 1. The number of benzene rings is 2. The van der Waals surface area contributed by atoms with E-state index in [4.69, 9.17) is 31.9 Å². The molecule has 3 rings (SSSR count). The minimum Gasteiger partial charge on any atom is -0.447 e. The molecule has 0 aliphatic carbocycles. The van der Waals surface area contributed by atoms with E-state index in [1.54, 1.807) is 40.0 Å². The van der Waals surface area contributed by atoms with Crippen LogP contribution in [0.1, 0.15) is 46.1 Å². The van der Waals surface area contributed by atoms with Crippen molar-refractivity contribution in [3.63, 3.8) is 0 Å². The molecule has 0 spiro atoms. The van der Waals surface area contributed by atoms with Gasteiger partial charge in [0.25, 0.3) is 0 Å². The summed E-state index contributed by atoms with van der Waals surface area (Å²) in [5.74, 6) is -2.43. The molecule has 0 radical (unpaired) electrons. The van der Waals surface area contributed by atoms with Gasteiger partial charge in [0.2, 0.25) is 5.91 Å². The van der Waals surface area contributed by atoms with Gasteiger partial charge in [-0.1, -0.05) is 36.4 Å². The Morgan fingerprint density at radius 3 is 2.12 bits per heavy atom. The number of hydrogen-bond donors (Lipinski definition) is 1. The number of halogens is 2. The number of fused-ring (bicyclic) bond motifs is 1.